The second kappa shape index (κ2) is 14.2. The summed E-state index contributed by atoms with van der Waals surface area (Å²) in [5.74, 6) is -1.99. The van der Waals surface area contributed by atoms with E-state index in [-0.39, 0.29) is 29.7 Å². The number of nitrogens with one attached hydrogen (secondary N) is 1. The Bertz CT molecular complexity index is 1450. The van der Waals surface area contributed by atoms with Gasteiger partial charge in [0.2, 0.25) is 0 Å². The van der Waals surface area contributed by atoms with E-state index in [0.29, 0.717) is 16.8 Å². The van der Waals surface area contributed by atoms with Gasteiger partial charge >= 0.3 is 7.12 Å². The molecule has 0 unspecified atom stereocenters. The summed E-state index contributed by atoms with van der Waals surface area (Å²) >= 11 is 0. The maximum absolute atomic E-state index is 13.3. The minimum atomic E-state index is -2.00. The van der Waals surface area contributed by atoms with Crippen molar-refractivity contribution in [2.24, 2.45) is 4.99 Å². The van der Waals surface area contributed by atoms with E-state index in [4.69, 9.17) is 0 Å². The molecule has 3 N–H and O–H groups in total. The summed E-state index contributed by atoms with van der Waals surface area (Å²) < 4.78 is 0. The van der Waals surface area contributed by atoms with Crippen LogP contribution in [0.25, 0.3) is 0 Å². The fraction of sp³-hybridized carbons (Fsp3) is 0.179. The lowest BCUT2D eigenvalue weighted by molar-refractivity contribution is -0.119. The molecule has 0 fully saturated rings. The Hall–Kier alpha value is -4.99. The van der Waals surface area contributed by atoms with Crippen molar-refractivity contribution in [2.45, 2.75) is 25.8 Å². The summed E-state index contributed by atoms with van der Waals surface area (Å²) in [6, 6.07) is 16.2. The lowest BCUT2D eigenvalue weighted by Crippen LogP contribution is -2.43. The lowest BCUT2D eigenvalue weighted by Gasteiger charge is -2.20. The second-order valence-electron chi connectivity index (χ2n) is 8.65. The van der Waals surface area contributed by atoms with Crippen LogP contribution in [0.4, 0.5) is 5.69 Å². The molecule has 0 saturated carbocycles. The summed E-state index contributed by atoms with van der Waals surface area (Å²) in [7, 11) is -0.478. The first-order valence-electron chi connectivity index (χ1n) is 12.2. The molecule has 0 aliphatic heterocycles. The van der Waals surface area contributed by atoms with Crippen LogP contribution in [0.5, 0.6) is 0 Å². The van der Waals surface area contributed by atoms with Gasteiger partial charge in [-0.2, -0.15) is 5.26 Å². The lowest BCUT2D eigenvalue weighted by atomic mass is 9.79. The third kappa shape index (κ3) is 8.01. The molecule has 3 rings (SSSR count). The number of carbonyl (C=O) groups excluding carboxylic acids is 3. The van der Waals surface area contributed by atoms with Gasteiger partial charge in [-0.1, -0.05) is 48.5 Å². The molecule has 11 nitrogen and oxygen atoms in total. The number of aromatic nitrogens is 2. The van der Waals surface area contributed by atoms with Crippen LogP contribution in [0.15, 0.2) is 89.8 Å². The topological polar surface area (TPSA) is 169 Å². The minimum absolute atomic E-state index is 0.00361. The molecule has 0 saturated heterocycles. The number of likely N-dealkylation sites (N-methyl/N-ethyl adjacent to an activating group) is 1. The molecule has 3 aromatic rings. The Labute approximate surface area is 231 Å². The predicted octanol–water partition coefficient (Wildman–Crippen LogP) is 1.47. The summed E-state index contributed by atoms with van der Waals surface area (Å²) in [6.45, 7) is 1.59. The Morgan fingerprint density at radius 2 is 1.85 bits per heavy atom. The molecule has 0 aliphatic rings. The summed E-state index contributed by atoms with van der Waals surface area (Å²) in [4.78, 5) is 51.9. The highest BCUT2D eigenvalue weighted by Crippen LogP contribution is 2.19. The van der Waals surface area contributed by atoms with E-state index in [1.165, 1.54) is 36.6 Å². The van der Waals surface area contributed by atoms with Gasteiger partial charge in [-0.25, -0.2) is 9.98 Å². The smallest absolute Gasteiger partial charge is 0.422 e. The highest BCUT2D eigenvalue weighted by Gasteiger charge is 2.26. The van der Waals surface area contributed by atoms with Crippen molar-refractivity contribution in [3.8, 4) is 6.07 Å². The van der Waals surface area contributed by atoms with Crippen LogP contribution in [-0.2, 0) is 22.4 Å². The van der Waals surface area contributed by atoms with Gasteiger partial charge in [0.1, 0.15) is 23.4 Å². The number of aliphatic imine (C=N–C) groups is 1. The highest BCUT2D eigenvalue weighted by molar-refractivity contribution is 6.80. The number of amides is 3. The monoisotopic (exact) mass is 538 g/mol. The summed E-state index contributed by atoms with van der Waals surface area (Å²) in [5.41, 5.74) is 1.50. The SMILES string of the molecule is C/C=C(\C#N)C(=O)N(C)c1cccc(C[C@H](NC(=O)c2cnccn2)C(=O)/N=C(\Cc2ccccc2)B(O)O)c1. The Balaban J connectivity index is 1.92. The number of carbonyl (C=O) groups is 3. The van der Waals surface area contributed by atoms with Gasteiger partial charge in [0, 0.05) is 38.0 Å². The first-order valence-corrected chi connectivity index (χ1v) is 12.2. The van der Waals surface area contributed by atoms with Crippen LogP contribution in [0.1, 0.15) is 28.5 Å². The third-order valence-electron chi connectivity index (χ3n) is 5.86. The molecule has 3 amide bonds. The van der Waals surface area contributed by atoms with E-state index in [9.17, 15) is 29.7 Å². The van der Waals surface area contributed by atoms with Crippen LogP contribution < -0.4 is 10.2 Å². The molecule has 1 atom stereocenters. The van der Waals surface area contributed by atoms with Crippen molar-refractivity contribution in [2.75, 3.05) is 11.9 Å². The zero-order chi connectivity index (χ0) is 29.1. The molecule has 40 heavy (non-hydrogen) atoms. The zero-order valence-electron chi connectivity index (χ0n) is 21.9. The molecular weight excluding hydrogens is 511 g/mol. The number of hydrogen-bond acceptors (Lipinski definition) is 8. The number of hydrogen-bond donors (Lipinski definition) is 3. The van der Waals surface area contributed by atoms with Gasteiger partial charge in [-0.3, -0.25) is 19.4 Å². The third-order valence-corrected chi connectivity index (χ3v) is 5.86. The molecule has 12 heteroatoms. The molecule has 0 aliphatic carbocycles. The molecule has 0 spiro atoms. The van der Waals surface area contributed by atoms with Crippen molar-refractivity contribution in [1.29, 1.82) is 5.26 Å². The molecule has 0 bridgehead atoms. The maximum atomic E-state index is 13.3. The van der Waals surface area contributed by atoms with E-state index < -0.39 is 30.9 Å². The molecule has 202 valence electrons. The van der Waals surface area contributed by atoms with E-state index in [1.807, 2.05) is 6.07 Å². The standard InChI is InChI=1S/C28H27BN6O5/c1-3-21(17-30)28(38)35(2)22-11-7-10-20(14-22)15-23(33-27(37)24-18-31-12-13-32-24)26(36)34-25(29(39)40)16-19-8-5-4-6-9-19/h3-14,18,23,39-40H,15-16H2,1-2H3,(H,33,37)/b21-3+,34-25+/t23-/m0/s1. The van der Waals surface area contributed by atoms with E-state index in [2.05, 4.69) is 20.3 Å². The van der Waals surface area contributed by atoms with Crippen LogP contribution >= 0.6 is 0 Å². The highest BCUT2D eigenvalue weighted by atomic mass is 16.4. The fourth-order valence-electron chi connectivity index (χ4n) is 3.72. The van der Waals surface area contributed by atoms with E-state index >= 15 is 0 Å². The number of nitriles is 1. The van der Waals surface area contributed by atoms with Crippen LogP contribution in [0, 0.1) is 11.3 Å². The van der Waals surface area contributed by atoms with Crippen molar-refractivity contribution in [3.63, 3.8) is 0 Å². The van der Waals surface area contributed by atoms with Crippen molar-refractivity contribution < 1.29 is 24.4 Å². The fourth-order valence-corrected chi connectivity index (χ4v) is 3.72. The normalized spacial score (nSPS) is 12.2. The van der Waals surface area contributed by atoms with E-state index in [1.54, 1.807) is 61.5 Å². The Morgan fingerprint density at radius 1 is 1.12 bits per heavy atom. The molecule has 1 aromatic heterocycles. The minimum Gasteiger partial charge on any atom is -0.422 e. The predicted molar refractivity (Wildman–Crippen MR) is 149 cm³/mol. The number of anilines is 1. The average Bonchev–Trinajstić information content (AvgIpc) is 2.97. The number of allylic oxidation sites excluding steroid dienone is 1. The number of rotatable bonds is 10. The van der Waals surface area contributed by atoms with Gasteiger partial charge in [0.15, 0.2) is 0 Å². The summed E-state index contributed by atoms with van der Waals surface area (Å²) in [5, 5.41) is 31.6. The van der Waals surface area contributed by atoms with Gasteiger partial charge in [-0.15, -0.1) is 0 Å². The van der Waals surface area contributed by atoms with Crippen LogP contribution in [0.2, 0.25) is 0 Å². The molecule has 1 heterocycles. The van der Waals surface area contributed by atoms with Crippen LogP contribution in [0.3, 0.4) is 0 Å². The van der Waals surface area contributed by atoms with Crippen molar-refractivity contribution in [1.82, 2.24) is 15.3 Å². The maximum Gasteiger partial charge on any atom is 0.504 e. The van der Waals surface area contributed by atoms with Gasteiger partial charge in [-0.05, 0) is 30.2 Å². The van der Waals surface area contributed by atoms with Crippen molar-refractivity contribution in [3.05, 3.63) is 102 Å². The quantitative estimate of drug-likeness (QED) is 0.151. The zero-order valence-corrected chi connectivity index (χ0v) is 21.9. The number of benzene rings is 2. The molecule has 2 aromatic carbocycles. The van der Waals surface area contributed by atoms with E-state index in [0.717, 1.165) is 0 Å². The Kier molecular flexibility index (Phi) is 10.5. The van der Waals surface area contributed by atoms with Gasteiger partial charge < -0.3 is 20.3 Å². The largest absolute Gasteiger partial charge is 0.504 e. The van der Waals surface area contributed by atoms with Gasteiger partial charge in [0.05, 0.1) is 11.8 Å². The first-order chi connectivity index (χ1) is 19.2. The van der Waals surface area contributed by atoms with Crippen LogP contribution in [-0.4, -0.2) is 63.6 Å². The second-order valence-corrected chi connectivity index (χ2v) is 8.65. The summed E-state index contributed by atoms with van der Waals surface area (Å²) in [6.07, 6.45) is 5.36. The Morgan fingerprint density at radius 3 is 2.48 bits per heavy atom. The average molecular weight is 538 g/mol. The number of nitrogens with zero attached hydrogens (tertiary/aromatic N) is 5. The van der Waals surface area contributed by atoms with Gasteiger partial charge in [0.25, 0.3) is 17.7 Å². The van der Waals surface area contributed by atoms with Crippen molar-refractivity contribution >= 4 is 36.1 Å². The molecular formula is C28H27BN6O5. The molecule has 0 radical (unpaired) electrons. The first kappa shape index (κ1) is 29.6.